The maximum absolute atomic E-state index is 12.8. The van der Waals surface area contributed by atoms with Crippen LogP contribution in [0.5, 0.6) is 0 Å². The fourth-order valence-electron chi connectivity index (χ4n) is 1.99. The summed E-state index contributed by atoms with van der Waals surface area (Å²) in [7, 11) is 0. The summed E-state index contributed by atoms with van der Waals surface area (Å²) in [5, 5.41) is 14.4. The Bertz CT molecular complexity index is 660. The Labute approximate surface area is 131 Å². The number of aliphatic hydroxyl groups excluding tert-OH is 1. The Balaban J connectivity index is 1.96. The van der Waals surface area contributed by atoms with Crippen molar-refractivity contribution in [3.05, 3.63) is 65.7 Å². The summed E-state index contributed by atoms with van der Waals surface area (Å²) >= 11 is 0. The number of rotatable bonds is 4. The summed E-state index contributed by atoms with van der Waals surface area (Å²) in [5.41, 5.74) is -0.672. The largest absolute Gasteiger partial charge is 0.418 e. The number of benzene rings is 2. The van der Waals surface area contributed by atoms with E-state index in [0.29, 0.717) is 5.56 Å². The van der Waals surface area contributed by atoms with Gasteiger partial charge in [-0.3, -0.25) is 0 Å². The van der Waals surface area contributed by atoms with Crippen LogP contribution >= 0.6 is 0 Å². The van der Waals surface area contributed by atoms with Gasteiger partial charge in [0.15, 0.2) is 0 Å². The van der Waals surface area contributed by atoms with Crippen molar-refractivity contribution in [2.75, 3.05) is 11.9 Å². The molecule has 7 heteroatoms. The van der Waals surface area contributed by atoms with Crippen molar-refractivity contribution < 1.29 is 23.1 Å². The summed E-state index contributed by atoms with van der Waals surface area (Å²) < 4.78 is 38.5. The predicted octanol–water partition coefficient (Wildman–Crippen LogP) is 3.56. The zero-order valence-electron chi connectivity index (χ0n) is 12.0. The topological polar surface area (TPSA) is 61.4 Å². The molecule has 0 aromatic heterocycles. The molecule has 3 N–H and O–H groups in total. The average molecular weight is 324 g/mol. The van der Waals surface area contributed by atoms with Crippen molar-refractivity contribution in [1.29, 1.82) is 0 Å². The maximum atomic E-state index is 12.8. The van der Waals surface area contributed by atoms with Crippen LogP contribution in [0.25, 0.3) is 0 Å². The van der Waals surface area contributed by atoms with Gasteiger partial charge in [-0.25, -0.2) is 4.79 Å². The van der Waals surface area contributed by atoms with Crippen molar-refractivity contribution in [2.45, 2.75) is 12.3 Å². The minimum atomic E-state index is -4.56. The van der Waals surface area contributed by atoms with Crippen LogP contribution in [-0.4, -0.2) is 17.7 Å². The predicted molar refractivity (Wildman–Crippen MR) is 79.9 cm³/mol. The van der Waals surface area contributed by atoms with Gasteiger partial charge in [-0.15, -0.1) is 0 Å². The van der Waals surface area contributed by atoms with Gasteiger partial charge in [-0.1, -0.05) is 42.5 Å². The lowest BCUT2D eigenvalue weighted by atomic mass is 10.1. The fraction of sp³-hybridized carbons (Fsp3) is 0.188. The summed E-state index contributed by atoms with van der Waals surface area (Å²) in [6.45, 7) is -0.121. The molecule has 122 valence electrons. The number of urea groups is 1. The van der Waals surface area contributed by atoms with Gasteiger partial charge in [-0.2, -0.15) is 13.2 Å². The van der Waals surface area contributed by atoms with Crippen LogP contribution in [0, 0.1) is 0 Å². The number of halogens is 3. The monoisotopic (exact) mass is 324 g/mol. The number of alkyl halides is 3. The molecule has 4 nitrogen and oxygen atoms in total. The van der Waals surface area contributed by atoms with Crippen LogP contribution < -0.4 is 10.6 Å². The number of amides is 2. The summed E-state index contributed by atoms with van der Waals surface area (Å²) in [4.78, 5) is 11.7. The van der Waals surface area contributed by atoms with Crippen LogP contribution in [0.15, 0.2) is 54.6 Å². The van der Waals surface area contributed by atoms with Crippen LogP contribution in [-0.2, 0) is 6.18 Å². The molecule has 0 spiro atoms. The van der Waals surface area contributed by atoms with Crippen molar-refractivity contribution in [3.63, 3.8) is 0 Å². The number of carbonyl (C=O) groups excluding carboxylic acids is 1. The Morgan fingerprint density at radius 3 is 2.30 bits per heavy atom. The van der Waals surface area contributed by atoms with E-state index >= 15 is 0 Å². The highest BCUT2D eigenvalue weighted by Crippen LogP contribution is 2.34. The van der Waals surface area contributed by atoms with Crippen molar-refractivity contribution in [2.24, 2.45) is 0 Å². The number of para-hydroxylation sites is 1. The molecule has 0 unspecified atom stereocenters. The SMILES string of the molecule is O=C(NC[C@@H](O)c1ccccc1)Nc1ccccc1C(F)(F)F. The number of hydrogen-bond acceptors (Lipinski definition) is 2. The second kappa shape index (κ2) is 7.15. The summed E-state index contributed by atoms with van der Waals surface area (Å²) in [6.07, 6.45) is -5.51. The molecule has 0 heterocycles. The quantitative estimate of drug-likeness (QED) is 0.805. The molecular formula is C16H15F3N2O2. The standard InChI is InChI=1S/C16H15F3N2O2/c17-16(18,19)12-8-4-5-9-13(12)21-15(23)20-10-14(22)11-6-2-1-3-7-11/h1-9,14,22H,10H2,(H2,20,21,23)/t14-/m1/s1. The molecule has 0 aliphatic carbocycles. The van der Waals surface area contributed by atoms with Crippen molar-refractivity contribution in [1.82, 2.24) is 5.32 Å². The highest BCUT2D eigenvalue weighted by atomic mass is 19.4. The van der Waals surface area contributed by atoms with Gasteiger partial charge in [0.2, 0.25) is 0 Å². The Morgan fingerprint density at radius 2 is 1.65 bits per heavy atom. The number of nitrogens with one attached hydrogen (secondary N) is 2. The van der Waals surface area contributed by atoms with Gasteiger partial charge in [0, 0.05) is 6.54 Å². The first-order valence-corrected chi connectivity index (χ1v) is 6.82. The Hall–Kier alpha value is -2.54. The van der Waals surface area contributed by atoms with E-state index in [1.54, 1.807) is 30.3 Å². The molecular weight excluding hydrogens is 309 g/mol. The molecule has 0 saturated carbocycles. The van der Waals surface area contributed by atoms with E-state index in [4.69, 9.17) is 0 Å². The third-order valence-electron chi connectivity index (χ3n) is 3.12. The number of anilines is 1. The first-order chi connectivity index (χ1) is 10.9. The van der Waals surface area contributed by atoms with Gasteiger partial charge in [-0.05, 0) is 17.7 Å². The smallest absolute Gasteiger partial charge is 0.387 e. The highest BCUT2D eigenvalue weighted by molar-refractivity contribution is 5.90. The molecule has 2 aromatic rings. The molecule has 0 aliphatic heterocycles. The normalized spacial score (nSPS) is 12.5. The molecule has 2 aromatic carbocycles. The van der Waals surface area contributed by atoms with E-state index in [-0.39, 0.29) is 12.2 Å². The van der Waals surface area contributed by atoms with Gasteiger partial charge in [0.1, 0.15) is 0 Å². The third kappa shape index (κ3) is 4.72. The first kappa shape index (κ1) is 16.8. The minimum absolute atomic E-state index is 0.121. The molecule has 1 atom stereocenters. The number of hydrogen-bond donors (Lipinski definition) is 3. The molecule has 0 radical (unpaired) electrons. The first-order valence-electron chi connectivity index (χ1n) is 6.82. The minimum Gasteiger partial charge on any atom is -0.387 e. The van der Waals surface area contributed by atoms with Gasteiger partial charge < -0.3 is 15.7 Å². The second-order valence-electron chi connectivity index (χ2n) is 4.80. The lowest BCUT2D eigenvalue weighted by Gasteiger charge is -2.15. The summed E-state index contributed by atoms with van der Waals surface area (Å²) in [6, 6.07) is 12.5. The van der Waals surface area contributed by atoms with Crippen molar-refractivity contribution >= 4 is 11.7 Å². The molecule has 2 rings (SSSR count). The zero-order chi connectivity index (χ0) is 16.9. The maximum Gasteiger partial charge on any atom is 0.418 e. The van der Waals surface area contributed by atoms with E-state index in [9.17, 15) is 23.1 Å². The van der Waals surface area contributed by atoms with E-state index in [2.05, 4.69) is 10.6 Å². The van der Waals surface area contributed by atoms with Gasteiger partial charge in [0.25, 0.3) is 0 Å². The Morgan fingerprint density at radius 1 is 1.04 bits per heavy atom. The molecule has 0 saturated heterocycles. The van der Waals surface area contributed by atoms with Gasteiger partial charge in [0.05, 0.1) is 17.4 Å². The van der Waals surface area contributed by atoms with Gasteiger partial charge >= 0.3 is 12.2 Å². The van der Waals surface area contributed by atoms with E-state index in [1.807, 2.05) is 0 Å². The highest BCUT2D eigenvalue weighted by Gasteiger charge is 2.33. The molecule has 0 aliphatic rings. The summed E-state index contributed by atoms with van der Waals surface area (Å²) in [5.74, 6) is 0. The molecule has 23 heavy (non-hydrogen) atoms. The third-order valence-corrected chi connectivity index (χ3v) is 3.12. The van der Waals surface area contributed by atoms with E-state index in [0.717, 1.165) is 12.1 Å². The molecule has 0 bridgehead atoms. The number of carbonyl (C=O) groups is 1. The van der Waals surface area contributed by atoms with Crippen LogP contribution in [0.1, 0.15) is 17.2 Å². The van der Waals surface area contributed by atoms with Crippen LogP contribution in [0.2, 0.25) is 0 Å². The van der Waals surface area contributed by atoms with Crippen LogP contribution in [0.3, 0.4) is 0 Å². The second-order valence-corrected chi connectivity index (χ2v) is 4.80. The molecule has 0 fully saturated rings. The lowest BCUT2D eigenvalue weighted by molar-refractivity contribution is -0.136. The number of aliphatic hydroxyl groups is 1. The lowest BCUT2D eigenvalue weighted by Crippen LogP contribution is -2.33. The average Bonchev–Trinajstić information content (AvgIpc) is 2.53. The fourth-order valence-corrected chi connectivity index (χ4v) is 1.99. The molecule has 2 amide bonds. The van der Waals surface area contributed by atoms with E-state index in [1.165, 1.54) is 12.1 Å². The van der Waals surface area contributed by atoms with Crippen LogP contribution in [0.4, 0.5) is 23.7 Å². The zero-order valence-corrected chi connectivity index (χ0v) is 12.0. The van der Waals surface area contributed by atoms with Crippen molar-refractivity contribution in [3.8, 4) is 0 Å². The van der Waals surface area contributed by atoms with E-state index < -0.39 is 23.9 Å². The Kier molecular flexibility index (Phi) is 5.23.